The monoisotopic (exact) mass is 300 g/mol. The minimum atomic E-state index is -0.917. The van der Waals surface area contributed by atoms with Crippen molar-refractivity contribution in [3.63, 3.8) is 0 Å². The molecule has 1 aromatic heterocycles. The lowest BCUT2D eigenvalue weighted by atomic mass is 10.2. The van der Waals surface area contributed by atoms with Gasteiger partial charge in [0.15, 0.2) is 0 Å². The Bertz CT molecular complexity index is 731. The lowest BCUT2D eigenvalue weighted by Crippen LogP contribution is -2.16. The van der Waals surface area contributed by atoms with Crippen molar-refractivity contribution in [3.05, 3.63) is 35.7 Å². The van der Waals surface area contributed by atoms with E-state index in [2.05, 4.69) is 10.3 Å². The highest BCUT2D eigenvalue weighted by Crippen LogP contribution is 2.39. The van der Waals surface area contributed by atoms with Crippen LogP contribution in [-0.2, 0) is 9.59 Å². The van der Waals surface area contributed by atoms with Crippen LogP contribution < -0.4 is 5.32 Å². The SMILES string of the molecule is Cc1nc(-c2cccc(NC(=O)C3CC3C(=O)O)c2)oc1C. The fourth-order valence-corrected chi connectivity index (χ4v) is 2.32. The van der Waals surface area contributed by atoms with E-state index >= 15 is 0 Å². The Hall–Kier alpha value is -2.63. The zero-order valence-corrected chi connectivity index (χ0v) is 12.3. The Morgan fingerprint density at radius 3 is 2.68 bits per heavy atom. The number of carbonyl (C=O) groups excluding carboxylic acids is 1. The number of hydrogen-bond donors (Lipinski definition) is 2. The average molecular weight is 300 g/mol. The summed E-state index contributed by atoms with van der Waals surface area (Å²) in [6, 6.07) is 7.15. The summed E-state index contributed by atoms with van der Waals surface area (Å²) in [7, 11) is 0. The van der Waals surface area contributed by atoms with Crippen molar-refractivity contribution in [3.8, 4) is 11.5 Å². The minimum Gasteiger partial charge on any atom is -0.481 e. The number of aliphatic carboxylic acids is 1. The van der Waals surface area contributed by atoms with Crippen molar-refractivity contribution in [2.24, 2.45) is 11.8 Å². The smallest absolute Gasteiger partial charge is 0.307 e. The molecule has 0 saturated heterocycles. The Morgan fingerprint density at radius 2 is 2.09 bits per heavy atom. The number of nitrogens with one attached hydrogen (secondary N) is 1. The highest BCUT2D eigenvalue weighted by Gasteiger charge is 2.48. The van der Waals surface area contributed by atoms with Crippen LogP contribution in [-0.4, -0.2) is 22.0 Å². The Balaban J connectivity index is 1.74. The summed E-state index contributed by atoms with van der Waals surface area (Å²) < 4.78 is 5.57. The molecule has 2 N–H and O–H groups in total. The first kappa shape index (κ1) is 14.3. The number of benzene rings is 1. The van der Waals surface area contributed by atoms with Gasteiger partial charge in [0.2, 0.25) is 11.8 Å². The first-order valence-corrected chi connectivity index (χ1v) is 7.04. The molecule has 1 fully saturated rings. The topological polar surface area (TPSA) is 92.4 Å². The maximum absolute atomic E-state index is 12.0. The van der Waals surface area contributed by atoms with Gasteiger partial charge in [-0.25, -0.2) is 4.98 Å². The second kappa shape index (κ2) is 5.29. The molecular weight excluding hydrogens is 284 g/mol. The lowest BCUT2D eigenvalue weighted by molar-refractivity contribution is -0.139. The summed E-state index contributed by atoms with van der Waals surface area (Å²) in [5.41, 5.74) is 2.19. The van der Waals surface area contributed by atoms with Gasteiger partial charge in [0.1, 0.15) is 5.76 Å². The predicted octanol–water partition coefficient (Wildman–Crippen LogP) is 2.62. The summed E-state index contributed by atoms with van der Waals surface area (Å²) in [5.74, 6) is -0.913. The quantitative estimate of drug-likeness (QED) is 0.905. The highest BCUT2D eigenvalue weighted by atomic mass is 16.4. The van der Waals surface area contributed by atoms with E-state index in [9.17, 15) is 9.59 Å². The molecule has 1 aliphatic carbocycles. The molecule has 1 aromatic carbocycles. The molecule has 0 radical (unpaired) electrons. The largest absolute Gasteiger partial charge is 0.481 e. The predicted molar refractivity (Wildman–Crippen MR) is 79.3 cm³/mol. The van der Waals surface area contributed by atoms with Crippen LogP contribution in [0.15, 0.2) is 28.7 Å². The van der Waals surface area contributed by atoms with Gasteiger partial charge in [-0.15, -0.1) is 0 Å². The molecule has 0 spiro atoms. The van der Waals surface area contributed by atoms with E-state index in [0.717, 1.165) is 17.0 Å². The molecule has 6 nitrogen and oxygen atoms in total. The van der Waals surface area contributed by atoms with Crippen LogP contribution in [0.1, 0.15) is 17.9 Å². The van der Waals surface area contributed by atoms with E-state index in [1.165, 1.54) is 0 Å². The van der Waals surface area contributed by atoms with Crippen LogP contribution in [0.3, 0.4) is 0 Å². The molecular formula is C16H16N2O4. The van der Waals surface area contributed by atoms with Crippen molar-refractivity contribution in [2.45, 2.75) is 20.3 Å². The Kier molecular flexibility index (Phi) is 3.44. The van der Waals surface area contributed by atoms with Gasteiger partial charge in [-0.3, -0.25) is 9.59 Å². The van der Waals surface area contributed by atoms with Crippen molar-refractivity contribution in [1.29, 1.82) is 0 Å². The van der Waals surface area contributed by atoms with Gasteiger partial charge >= 0.3 is 5.97 Å². The number of amides is 1. The van der Waals surface area contributed by atoms with Crippen molar-refractivity contribution in [2.75, 3.05) is 5.32 Å². The van der Waals surface area contributed by atoms with Crippen molar-refractivity contribution >= 4 is 17.6 Å². The van der Waals surface area contributed by atoms with Crippen LogP contribution >= 0.6 is 0 Å². The van der Waals surface area contributed by atoms with Crippen LogP contribution in [0, 0.1) is 25.7 Å². The third-order valence-corrected chi connectivity index (χ3v) is 3.85. The van der Waals surface area contributed by atoms with E-state index in [1.54, 1.807) is 18.2 Å². The summed E-state index contributed by atoms with van der Waals surface area (Å²) in [6.07, 6.45) is 0.402. The molecule has 114 valence electrons. The maximum atomic E-state index is 12.0. The van der Waals surface area contributed by atoms with E-state index < -0.39 is 17.8 Å². The van der Waals surface area contributed by atoms with E-state index in [0.29, 0.717) is 18.0 Å². The van der Waals surface area contributed by atoms with Gasteiger partial charge in [0.05, 0.1) is 17.5 Å². The first-order valence-electron chi connectivity index (χ1n) is 7.04. The molecule has 2 aromatic rings. The number of carboxylic acid groups (broad SMARTS) is 1. The van der Waals surface area contributed by atoms with Gasteiger partial charge < -0.3 is 14.8 Å². The number of carbonyl (C=O) groups is 2. The number of hydrogen-bond acceptors (Lipinski definition) is 4. The van der Waals surface area contributed by atoms with E-state index in [1.807, 2.05) is 19.9 Å². The second-order valence-corrected chi connectivity index (χ2v) is 5.52. The molecule has 2 unspecified atom stereocenters. The summed E-state index contributed by atoms with van der Waals surface area (Å²) in [4.78, 5) is 27.1. The van der Waals surface area contributed by atoms with Crippen LogP contribution in [0.25, 0.3) is 11.5 Å². The minimum absolute atomic E-state index is 0.260. The number of nitrogens with zero attached hydrogens (tertiary/aromatic N) is 1. The van der Waals surface area contributed by atoms with Crippen molar-refractivity contribution in [1.82, 2.24) is 4.98 Å². The van der Waals surface area contributed by atoms with Gasteiger partial charge in [0, 0.05) is 11.3 Å². The molecule has 6 heteroatoms. The molecule has 3 rings (SSSR count). The zero-order chi connectivity index (χ0) is 15.9. The number of anilines is 1. The summed E-state index contributed by atoms with van der Waals surface area (Å²) in [5, 5.41) is 11.6. The Morgan fingerprint density at radius 1 is 1.32 bits per heavy atom. The number of aromatic nitrogens is 1. The number of rotatable bonds is 4. The standard InChI is InChI=1S/C16H16N2O4/c1-8-9(2)22-15(17-8)10-4-3-5-11(6-10)18-14(19)12-7-13(12)16(20)21/h3-6,12-13H,7H2,1-2H3,(H,18,19)(H,20,21). The highest BCUT2D eigenvalue weighted by molar-refractivity contribution is 5.98. The van der Waals surface area contributed by atoms with Gasteiger partial charge in [-0.05, 0) is 38.5 Å². The van der Waals surface area contributed by atoms with Gasteiger partial charge in [-0.2, -0.15) is 0 Å². The van der Waals surface area contributed by atoms with Crippen LogP contribution in [0.2, 0.25) is 0 Å². The summed E-state index contributed by atoms with van der Waals surface area (Å²) in [6.45, 7) is 3.71. The first-order chi connectivity index (χ1) is 10.5. The molecule has 1 amide bonds. The van der Waals surface area contributed by atoms with Crippen molar-refractivity contribution < 1.29 is 19.1 Å². The van der Waals surface area contributed by atoms with Crippen LogP contribution in [0.4, 0.5) is 5.69 Å². The fourth-order valence-electron chi connectivity index (χ4n) is 2.32. The molecule has 0 bridgehead atoms. The molecule has 1 saturated carbocycles. The van der Waals surface area contributed by atoms with Crippen LogP contribution in [0.5, 0.6) is 0 Å². The number of oxazole rings is 1. The van der Waals surface area contributed by atoms with E-state index in [-0.39, 0.29) is 5.91 Å². The van der Waals surface area contributed by atoms with Gasteiger partial charge in [-0.1, -0.05) is 6.07 Å². The average Bonchev–Trinajstić information content (AvgIpc) is 3.21. The normalized spacial score (nSPS) is 19.7. The Labute approximate surface area is 127 Å². The third kappa shape index (κ3) is 2.72. The molecule has 2 atom stereocenters. The van der Waals surface area contributed by atoms with E-state index in [4.69, 9.17) is 9.52 Å². The molecule has 1 heterocycles. The fraction of sp³-hybridized carbons (Fsp3) is 0.312. The van der Waals surface area contributed by atoms with Gasteiger partial charge in [0.25, 0.3) is 0 Å². The number of carboxylic acids is 1. The summed E-state index contributed by atoms with van der Waals surface area (Å²) >= 11 is 0. The number of aryl methyl sites for hydroxylation is 2. The zero-order valence-electron chi connectivity index (χ0n) is 12.3. The molecule has 0 aliphatic heterocycles. The molecule has 1 aliphatic rings. The lowest BCUT2D eigenvalue weighted by Gasteiger charge is -2.05. The third-order valence-electron chi connectivity index (χ3n) is 3.85. The maximum Gasteiger partial charge on any atom is 0.307 e. The second-order valence-electron chi connectivity index (χ2n) is 5.52. The molecule has 22 heavy (non-hydrogen) atoms.